The van der Waals surface area contributed by atoms with Crippen LogP contribution in [0.25, 0.3) is 45.1 Å². The molecule has 3 heteroatoms. The quantitative estimate of drug-likeness (QED) is 0.336. The van der Waals surface area contributed by atoms with Gasteiger partial charge in [0.25, 0.3) is 0 Å². The maximum atomic E-state index is 13.2. The average molecular weight is 384 g/mol. The maximum Gasteiger partial charge on any atom is 0.212 e. The van der Waals surface area contributed by atoms with E-state index in [4.69, 9.17) is 9.97 Å². The van der Waals surface area contributed by atoms with Crippen LogP contribution in [0.5, 0.6) is 0 Å². The predicted octanol–water partition coefficient (Wildman–Crippen LogP) is 6.16. The molecule has 1 aliphatic rings. The molecule has 2 heterocycles. The van der Waals surface area contributed by atoms with Crippen LogP contribution in [0.15, 0.2) is 84.9 Å². The molecule has 0 fully saturated rings. The summed E-state index contributed by atoms with van der Waals surface area (Å²) in [5.41, 5.74) is 5.63. The van der Waals surface area contributed by atoms with Crippen LogP contribution in [-0.2, 0) is 0 Å². The standard InChI is InChI=1S/C27H16N2O/c30-27-21-12-5-4-11-20(21)25-24-22(19-10-6-7-13-23(19)29-26(24)27)16-18(28-25)15-14-17-8-2-1-3-9-17/h1-16H/b15-14+. The van der Waals surface area contributed by atoms with E-state index < -0.39 is 0 Å². The predicted molar refractivity (Wildman–Crippen MR) is 121 cm³/mol. The van der Waals surface area contributed by atoms with Crippen LogP contribution < -0.4 is 0 Å². The van der Waals surface area contributed by atoms with Gasteiger partial charge in [0.15, 0.2) is 0 Å². The monoisotopic (exact) mass is 384 g/mol. The van der Waals surface area contributed by atoms with Crippen molar-refractivity contribution in [2.75, 3.05) is 0 Å². The lowest BCUT2D eigenvalue weighted by molar-refractivity contribution is 0.103. The van der Waals surface area contributed by atoms with Crippen LogP contribution in [0.4, 0.5) is 0 Å². The maximum absolute atomic E-state index is 13.2. The van der Waals surface area contributed by atoms with Crippen LogP contribution in [0.2, 0.25) is 0 Å². The molecule has 0 saturated heterocycles. The highest BCUT2D eigenvalue weighted by molar-refractivity contribution is 6.27. The lowest BCUT2D eigenvalue weighted by atomic mass is 9.87. The van der Waals surface area contributed by atoms with Crippen molar-refractivity contribution in [2.45, 2.75) is 0 Å². The Kier molecular flexibility index (Phi) is 3.62. The fraction of sp³-hybridized carbons (Fsp3) is 0. The van der Waals surface area contributed by atoms with Gasteiger partial charge in [0.05, 0.1) is 16.9 Å². The SMILES string of the molecule is O=C1c2ccccc2-c2nc(/C=C/c3ccccc3)cc3c2c1nc1ccccc13. The van der Waals surface area contributed by atoms with Crippen LogP contribution >= 0.6 is 0 Å². The largest absolute Gasteiger partial charge is 0.287 e. The Morgan fingerprint density at radius 2 is 1.37 bits per heavy atom. The molecule has 3 aromatic carbocycles. The topological polar surface area (TPSA) is 42.9 Å². The van der Waals surface area contributed by atoms with Crippen molar-refractivity contribution in [1.82, 2.24) is 9.97 Å². The van der Waals surface area contributed by atoms with Gasteiger partial charge in [0.1, 0.15) is 5.69 Å². The van der Waals surface area contributed by atoms with Gasteiger partial charge in [-0.25, -0.2) is 9.97 Å². The summed E-state index contributed by atoms with van der Waals surface area (Å²) in [5.74, 6) is -0.0387. The van der Waals surface area contributed by atoms with Gasteiger partial charge in [0.2, 0.25) is 5.78 Å². The van der Waals surface area contributed by atoms with Crippen molar-refractivity contribution in [3.05, 3.63) is 107 Å². The Labute approximate surface area is 173 Å². The van der Waals surface area contributed by atoms with E-state index in [-0.39, 0.29) is 5.78 Å². The minimum Gasteiger partial charge on any atom is -0.287 e. The Morgan fingerprint density at radius 3 is 2.23 bits per heavy atom. The molecule has 1 aliphatic carbocycles. The number of pyridine rings is 2. The Hall–Kier alpha value is -4.11. The van der Waals surface area contributed by atoms with E-state index in [1.54, 1.807) is 0 Å². The van der Waals surface area contributed by atoms with E-state index in [1.807, 2.05) is 66.7 Å². The van der Waals surface area contributed by atoms with Gasteiger partial charge >= 0.3 is 0 Å². The van der Waals surface area contributed by atoms with Crippen molar-refractivity contribution in [1.29, 1.82) is 0 Å². The smallest absolute Gasteiger partial charge is 0.212 e. The molecule has 2 aromatic heterocycles. The van der Waals surface area contributed by atoms with Gasteiger partial charge in [-0.15, -0.1) is 0 Å². The molecule has 0 radical (unpaired) electrons. The fourth-order valence-corrected chi connectivity index (χ4v) is 4.20. The third-order valence-electron chi connectivity index (χ3n) is 5.59. The average Bonchev–Trinajstić information content (AvgIpc) is 2.81. The molecule has 0 atom stereocenters. The fourth-order valence-electron chi connectivity index (χ4n) is 4.20. The van der Waals surface area contributed by atoms with Crippen molar-refractivity contribution < 1.29 is 4.79 Å². The van der Waals surface area contributed by atoms with Gasteiger partial charge in [-0.3, -0.25) is 4.79 Å². The molecular formula is C27H16N2O. The zero-order valence-corrected chi connectivity index (χ0v) is 16.0. The molecule has 0 spiro atoms. The van der Waals surface area contributed by atoms with E-state index in [2.05, 4.69) is 30.3 Å². The molecule has 0 aliphatic heterocycles. The van der Waals surface area contributed by atoms with Crippen LogP contribution in [0.3, 0.4) is 0 Å². The first-order chi connectivity index (χ1) is 14.8. The molecular weight excluding hydrogens is 368 g/mol. The summed E-state index contributed by atoms with van der Waals surface area (Å²) < 4.78 is 0. The van der Waals surface area contributed by atoms with E-state index >= 15 is 0 Å². The van der Waals surface area contributed by atoms with Gasteiger partial charge in [0, 0.05) is 21.9 Å². The number of fused-ring (bicyclic) bond motifs is 4. The van der Waals surface area contributed by atoms with Gasteiger partial charge in [-0.1, -0.05) is 78.9 Å². The van der Waals surface area contributed by atoms with E-state index in [0.29, 0.717) is 11.3 Å². The van der Waals surface area contributed by atoms with E-state index in [9.17, 15) is 4.79 Å². The Balaban J connectivity index is 1.70. The molecule has 0 bridgehead atoms. The summed E-state index contributed by atoms with van der Waals surface area (Å²) in [6.07, 6.45) is 4.09. The van der Waals surface area contributed by atoms with Crippen LogP contribution in [0, 0.1) is 0 Å². The third-order valence-corrected chi connectivity index (χ3v) is 5.59. The van der Waals surface area contributed by atoms with E-state index in [0.717, 1.165) is 44.2 Å². The first-order valence-corrected chi connectivity index (χ1v) is 9.90. The molecule has 6 rings (SSSR count). The first-order valence-electron chi connectivity index (χ1n) is 9.90. The number of carbonyl (C=O) groups is 1. The highest BCUT2D eigenvalue weighted by Gasteiger charge is 2.28. The zero-order chi connectivity index (χ0) is 20.1. The number of para-hydroxylation sites is 1. The lowest BCUT2D eigenvalue weighted by Crippen LogP contribution is -2.13. The summed E-state index contributed by atoms with van der Waals surface area (Å²) in [6, 6.07) is 27.9. The Bertz CT molecular complexity index is 1500. The summed E-state index contributed by atoms with van der Waals surface area (Å²) in [4.78, 5) is 22.9. The highest BCUT2D eigenvalue weighted by Crippen LogP contribution is 2.40. The molecule has 0 amide bonds. The lowest BCUT2D eigenvalue weighted by Gasteiger charge is -2.20. The van der Waals surface area contributed by atoms with E-state index in [1.165, 1.54) is 0 Å². The molecule has 140 valence electrons. The Morgan fingerprint density at radius 1 is 0.633 bits per heavy atom. The second-order valence-corrected chi connectivity index (χ2v) is 7.41. The molecule has 30 heavy (non-hydrogen) atoms. The number of rotatable bonds is 2. The van der Waals surface area contributed by atoms with Crippen molar-refractivity contribution in [2.24, 2.45) is 0 Å². The molecule has 0 N–H and O–H groups in total. The second-order valence-electron chi connectivity index (χ2n) is 7.41. The molecule has 3 nitrogen and oxygen atoms in total. The number of ketones is 1. The summed E-state index contributed by atoms with van der Waals surface area (Å²) >= 11 is 0. The number of benzene rings is 3. The van der Waals surface area contributed by atoms with Gasteiger partial charge in [-0.05, 0) is 29.2 Å². The number of aromatic nitrogens is 2. The first kappa shape index (κ1) is 16.8. The highest BCUT2D eigenvalue weighted by atomic mass is 16.1. The normalized spacial score (nSPS) is 12.6. The molecule has 0 unspecified atom stereocenters. The van der Waals surface area contributed by atoms with Crippen molar-refractivity contribution in [3.8, 4) is 11.3 Å². The summed E-state index contributed by atoms with van der Waals surface area (Å²) in [7, 11) is 0. The van der Waals surface area contributed by atoms with Crippen LogP contribution in [0.1, 0.15) is 27.3 Å². The van der Waals surface area contributed by atoms with Crippen molar-refractivity contribution in [3.63, 3.8) is 0 Å². The zero-order valence-electron chi connectivity index (χ0n) is 16.0. The number of hydrogen-bond donors (Lipinski definition) is 0. The third kappa shape index (κ3) is 2.49. The minimum absolute atomic E-state index is 0.0387. The van der Waals surface area contributed by atoms with Gasteiger partial charge in [-0.2, -0.15) is 0 Å². The number of nitrogens with zero attached hydrogens (tertiary/aromatic N) is 2. The van der Waals surface area contributed by atoms with Crippen molar-refractivity contribution >= 4 is 39.6 Å². The van der Waals surface area contributed by atoms with Gasteiger partial charge < -0.3 is 0 Å². The number of hydrogen-bond acceptors (Lipinski definition) is 3. The molecule has 5 aromatic rings. The van der Waals surface area contributed by atoms with Crippen LogP contribution in [-0.4, -0.2) is 15.8 Å². The second kappa shape index (κ2) is 6.46. The number of carbonyl (C=O) groups excluding carboxylic acids is 1. The minimum atomic E-state index is -0.0387. The summed E-state index contributed by atoms with van der Waals surface area (Å²) in [6.45, 7) is 0. The summed E-state index contributed by atoms with van der Waals surface area (Å²) in [5, 5.41) is 2.88. The molecule has 0 saturated carbocycles.